The summed E-state index contributed by atoms with van der Waals surface area (Å²) in [5.74, 6) is 0.243. The van der Waals surface area contributed by atoms with Crippen LogP contribution in [0.1, 0.15) is 37.8 Å². The van der Waals surface area contributed by atoms with Gasteiger partial charge in [0.1, 0.15) is 11.5 Å². The van der Waals surface area contributed by atoms with Gasteiger partial charge in [0.2, 0.25) is 0 Å². The maximum atomic E-state index is 9.60. The van der Waals surface area contributed by atoms with Gasteiger partial charge in [0, 0.05) is 6.07 Å². The summed E-state index contributed by atoms with van der Waals surface area (Å²) < 4.78 is 0. The maximum Gasteiger partial charge on any atom is 0.119 e. The van der Waals surface area contributed by atoms with E-state index >= 15 is 0 Å². The van der Waals surface area contributed by atoms with Crippen molar-refractivity contribution in [2.45, 2.75) is 38.5 Å². The smallest absolute Gasteiger partial charge is 0.119 e. The van der Waals surface area contributed by atoms with Crippen LogP contribution in [0.5, 0.6) is 11.5 Å². The molecule has 0 saturated carbocycles. The van der Waals surface area contributed by atoms with Crippen molar-refractivity contribution in [2.24, 2.45) is 0 Å². The molecule has 0 unspecified atom stereocenters. The second-order valence-corrected chi connectivity index (χ2v) is 5.96. The van der Waals surface area contributed by atoms with E-state index in [0.717, 1.165) is 24.8 Å². The second-order valence-electron chi connectivity index (χ2n) is 5.96. The first-order valence-corrected chi connectivity index (χ1v) is 7.05. The molecule has 2 aromatic rings. The number of aromatic hydroxyl groups is 2. The third kappa shape index (κ3) is 3.77. The topological polar surface area (TPSA) is 40.5 Å². The van der Waals surface area contributed by atoms with E-state index in [-0.39, 0.29) is 16.9 Å². The fourth-order valence-electron chi connectivity index (χ4n) is 2.51. The Morgan fingerprint density at radius 1 is 0.900 bits per heavy atom. The highest BCUT2D eigenvalue weighted by Crippen LogP contribution is 2.33. The molecule has 0 heterocycles. The summed E-state index contributed by atoms with van der Waals surface area (Å²) >= 11 is 0. The van der Waals surface area contributed by atoms with Crippen LogP contribution >= 0.6 is 0 Å². The van der Waals surface area contributed by atoms with Crippen molar-refractivity contribution in [3.63, 3.8) is 0 Å². The lowest BCUT2D eigenvalue weighted by Crippen LogP contribution is -2.17. The van der Waals surface area contributed by atoms with Gasteiger partial charge in [-0.1, -0.05) is 44.2 Å². The Bertz CT molecular complexity index is 539. The lowest BCUT2D eigenvalue weighted by atomic mass is 9.79. The van der Waals surface area contributed by atoms with Gasteiger partial charge in [0.15, 0.2) is 0 Å². The van der Waals surface area contributed by atoms with E-state index in [2.05, 4.69) is 38.1 Å². The molecule has 2 aromatic carbocycles. The molecule has 106 valence electrons. The standard InChI is InChI=1S/C18H22O2/c1-18(2,15-11-16(19)13-17(20)12-15)10-6-9-14-7-4-3-5-8-14/h3-5,7-8,11-13,19-20H,6,9-10H2,1-2H3. The van der Waals surface area contributed by atoms with E-state index in [1.165, 1.54) is 11.6 Å². The largest absolute Gasteiger partial charge is 0.508 e. The van der Waals surface area contributed by atoms with E-state index < -0.39 is 0 Å². The molecule has 0 bridgehead atoms. The zero-order valence-electron chi connectivity index (χ0n) is 12.1. The molecule has 0 saturated heterocycles. The van der Waals surface area contributed by atoms with Gasteiger partial charge < -0.3 is 10.2 Å². The Balaban J connectivity index is 2.00. The minimum atomic E-state index is -0.0645. The first-order valence-electron chi connectivity index (χ1n) is 7.05. The van der Waals surface area contributed by atoms with Crippen molar-refractivity contribution in [3.05, 3.63) is 59.7 Å². The highest BCUT2D eigenvalue weighted by atomic mass is 16.3. The monoisotopic (exact) mass is 270 g/mol. The third-order valence-corrected chi connectivity index (χ3v) is 3.79. The molecule has 0 aromatic heterocycles. The summed E-state index contributed by atoms with van der Waals surface area (Å²) in [6, 6.07) is 15.3. The van der Waals surface area contributed by atoms with Crippen molar-refractivity contribution in [3.8, 4) is 11.5 Å². The highest BCUT2D eigenvalue weighted by Gasteiger charge is 2.21. The van der Waals surface area contributed by atoms with E-state index in [0.29, 0.717) is 0 Å². The van der Waals surface area contributed by atoms with Crippen LogP contribution in [0.4, 0.5) is 0 Å². The van der Waals surface area contributed by atoms with Crippen molar-refractivity contribution in [2.75, 3.05) is 0 Å². The van der Waals surface area contributed by atoms with E-state index in [4.69, 9.17) is 0 Å². The Morgan fingerprint density at radius 2 is 1.50 bits per heavy atom. The number of hydrogen-bond donors (Lipinski definition) is 2. The molecule has 0 fully saturated rings. The maximum absolute atomic E-state index is 9.60. The predicted molar refractivity (Wildman–Crippen MR) is 82.2 cm³/mol. The quantitative estimate of drug-likeness (QED) is 0.845. The molecule has 0 aliphatic rings. The van der Waals surface area contributed by atoms with Gasteiger partial charge in [-0.05, 0) is 47.9 Å². The summed E-state index contributed by atoms with van der Waals surface area (Å²) in [5, 5.41) is 19.2. The Morgan fingerprint density at radius 3 is 2.10 bits per heavy atom. The van der Waals surface area contributed by atoms with Crippen LogP contribution in [0.15, 0.2) is 48.5 Å². The normalized spacial score (nSPS) is 11.5. The Labute approximate surface area is 120 Å². The molecule has 2 N–H and O–H groups in total. The molecule has 0 atom stereocenters. The van der Waals surface area contributed by atoms with Crippen LogP contribution < -0.4 is 0 Å². The number of rotatable bonds is 5. The molecular weight excluding hydrogens is 248 g/mol. The predicted octanol–water partition coefficient (Wildman–Crippen LogP) is 4.40. The van der Waals surface area contributed by atoms with Crippen LogP contribution in [0.2, 0.25) is 0 Å². The van der Waals surface area contributed by atoms with Crippen LogP contribution in [-0.2, 0) is 11.8 Å². The van der Waals surface area contributed by atoms with Crippen LogP contribution in [0, 0.1) is 0 Å². The number of benzene rings is 2. The third-order valence-electron chi connectivity index (χ3n) is 3.79. The number of phenolic OH excluding ortho intramolecular Hbond substituents is 2. The lowest BCUT2D eigenvalue weighted by molar-refractivity contribution is 0.429. The van der Waals surface area contributed by atoms with Gasteiger partial charge in [-0.25, -0.2) is 0 Å². The van der Waals surface area contributed by atoms with Crippen molar-refractivity contribution < 1.29 is 10.2 Å². The molecule has 0 spiro atoms. The number of aryl methyl sites for hydroxylation is 1. The number of hydrogen-bond acceptors (Lipinski definition) is 2. The zero-order chi connectivity index (χ0) is 14.6. The van der Waals surface area contributed by atoms with Gasteiger partial charge in [-0.3, -0.25) is 0 Å². The van der Waals surface area contributed by atoms with Gasteiger partial charge in [-0.15, -0.1) is 0 Å². The molecule has 2 heteroatoms. The fourth-order valence-corrected chi connectivity index (χ4v) is 2.51. The first-order chi connectivity index (χ1) is 9.47. The molecular formula is C18H22O2. The van der Waals surface area contributed by atoms with Crippen molar-refractivity contribution in [1.29, 1.82) is 0 Å². The molecule has 20 heavy (non-hydrogen) atoms. The van der Waals surface area contributed by atoms with E-state index in [1.54, 1.807) is 12.1 Å². The average molecular weight is 270 g/mol. The minimum absolute atomic E-state index is 0.0645. The Hall–Kier alpha value is -1.96. The van der Waals surface area contributed by atoms with Gasteiger partial charge in [0.25, 0.3) is 0 Å². The average Bonchev–Trinajstić information content (AvgIpc) is 2.38. The fraction of sp³-hybridized carbons (Fsp3) is 0.333. The van der Waals surface area contributed by atoms with Crippen molar-refractivity contribution in [1.82, 2.24) is 0 Å². The summed E-state index contributed by atoms with van der Waals surface area (Å²) in [7, 11) is 0. The second kappa shape index (κ2) is 6.00. The Kier molecular flexibility index (Phi) is 4.33. The van der Waals surface area contributed by atoms with Crippen LogP contribution in [0.3, 0.4) is 0 Å². The van der Waals surface area contributed by atoms with E-state index in [1.807, 2.05) is 6.07 Å². The number of phenols is 2. The summed E-state index contributed by atoms with van der Waals surface area (Å²) in [4.78, 5) is 0. The molecule has 0 radical (unpaired) electrons. The zero-order valence-corrected chi connectivity index (χ0v) is 12.1. The van der Waals surface area contributed by atoms with Crippen LogP contribution in [0.25, 0.3) is 0 Å². The summed E-state index contributed by atoms with van der Waals surface area (Å²) in [5.41, 5.74) is 2.26. The van der Waals surface area contributed by atoms with Gasteiger partial charge >= 0.3 is 0 Å². The molecule has 0 aliphatic heterocycles. The highest BCUT2D eigenvalue weighted by molar-refractivity contribution is 5.39. The van der Waals surface area contributed by atoms with Crippen LogP contribution in [-0.4, -0.2) is 10.2 Å². The molecule has 0 amide bonds. The van der Waals surface area contributed by atoms with E-state index in [9.17, 15) is 10.2 Å². The van der Waals surface area contributed by atoms with Gasteiger partial charge in [0.05, 0.1) is 0 Å². The minimum Gasteiger partial charge on any atom is -0.508 e. The molecule has 0 aliphatic carbocycles. The SMILES string of the molecule is CC(C)(CCCc1ccccc1)c1cc(O)cc(O)c1. The molecule has 2 rings (SSSR count). The first kappa shape index (κ1) is 14.4. The van der Waals surface area contributed by atoms with Gasteiger partial charge in [-0.2, -0.15) is 0 Å². The summed E-state index contributed by atoms with van der Waals surface area (Å²) in [6.45, 7) is 4.29. The summed E-state index contributed by atoms with van der Waals surface area (Å²) in [6.07, 6.45) is 3.13. The lowest BCUT2D eigenvalue weighted by Gasteiger charge is -2.25. The van der Waals surface area contributed by atoms with Crippen molar-refractivity contribution >= 4 is 0 Å². The molecule has 2 nitrogen and oxygen atoms in total.